The van der Waals surface area contributed by atoms with Gasteiger partial charge in [-0.05, 0) is 43.9 Å². The molecule has 0 radical (unpaired) electrons. The fraction of sp³-hybridized carbons (Fsp3) is 0.583. The third-order valence-corrected chi connectivity index (χ3v) is 5.57. The van der Waals surface area contributed by atoms with Crippen LogP contribution in [-0.4, -0.2) is 11.9 Å². The molecule has 2 N–H and O–H groups in total. The highest BCUT2D eigenvalue weighted by atomic mass is 16.1. The number of hydrogen-bond acceptors (Lipinski definition) is 3. The predicted octanol–water partition coefficient (Wildman–Crippen LogP) is 5.91. The van der Waals surface area contributed by atoms with E-state index < -0.39 is 0 Å². The van der Waals surface area contributed by atoms with E-state index >= 15 is 0 Å². The van der Waals surface area contributed by atoms with Crippen LogP contribution in [0.3, 0.4) is 0 Å². The van der Waals surface area contributed by atoms with Gasteiger partial charge in [-0.1, -0.05) is 69.9 Å². The van der Waals surface area contributed by atoms with Gasteiger partial charge in [0.05, 0.1) is 0 Å². The van der Waals surface area contributed by atoms with E-state index in [2.05, 4.69) is 16.7 Å². The zero-order chi connectivity index (χ0) is 20.2. The SMILES string of the molecule is Cc1ccc(C)c(N/C=C(/C#N)C(=O)NC2CCCCCCCCCCC2)c1. The first-order chi connectivity index (χ1) is 13.6. The van der Waals surface area contributed by atoms with Crippen molar-refractivity contribution in [2.24, 2.45) is 0 Å². The molecule has 0 spiro atoms. The number of benzene rings is 1. The van der Waals surface area contributed by atoms with Gasteiger partial charge in [0.2, 0.25) is 0 Å². The minimum Gasteiger partial charge on any atom is -0.360 e. The van der Waals surface area contributed by atoms with Crippen molar-refractivity contribution in [1.29, 1.82) is 5.26 Å². The lowest BCUT2D eigenvalue weighted by Crippen LogP contribution is -2.35. The molecule has 0 atom stereocenters. The van der Waals surface area contributed by atoms with E-state index in [0.29, 0.717) is 0 Å². The highest BCUT2D eigenvalue weighted by Crippen LogP contribution is 2.18. The summed E-state index contributed by atoms with van der Waals surface area (Å²) in [6.45, 7) is 4.03. The Balaban J connectivity index is 1.96. The van der Waals surface area contributed by atoms with E-state index in [1.54, 1.807) is 0 Å². The second-order valence-corrected chi connectivity index (χ2v) is 8.06. The van der Waals surface area contributed by atoms with Crippen molar-refractivity contribution in [3.05, 3.63) is 41.1 Å². The molecule has 1 aliphatic carbocycles. The molecule has 1 saturated carbocycles. The van der Waals surface area contributed by atoms with Crippen LogP contribution in [0.5, 0.6) is 0 Å². The second kappa shape index (κ2) is 12.2. The van der Waals surface area contributed by atoms with E-state index in [1.807, 2.05) is 32.0 Å². The largest absolute Gasteiger partial charge is 0.360 e. The van der Waals surface area contributed by atoms with Gasteiger partial charge in [0, 0.05) is 17.9 Å². The van der Waals surface area contributed by atoms with Crippen LogP contribution in [0.1, 0.15) is 81.8 Å². The van der Waals surface area contributed by atoms with Gasteiger partial charge in [0.25, 0.3) is 5.91 Å². The number of anilines is 1. The Morgan fingerprint density at radius 2 is 1.57 bits per heavy atom. The molecular weight excluding hydrogens is 346 g/mol. The first-order valence-corrected chi connectivity index (χ1v) is 10.8. The van der Waals surface area contributed by atoms with Crippen LogP contribution in [-0.2, 0) is 4.79 Å². The third-order valence-electron chi connectivity index (χ3n) is 5.57. The molecule has 0 aliphatic heterocycles. The Morgan fingerprint density at radius 1 is 1.00 bits per heavy atom. The minimum absolute atomic E-state index is 0.132. The van der Waals surface area contributed by atoms with Crippen molar-refractivity contribution in [2.75, 3.05) is 5.32 Å². The average molecular weight is 382 g/mol. The van der Waals surface area contributed by atoms with Crippen molar-refractivity contribution in [2.45, 2.75) is 90.5 Å². The van der Waals surface area contributed by atoms with Crippen molar-refractivity contribution < 1.29 is 4.79 Å². The lowest BCUT2D eigenvalue weighted by molar-refractivity contribution is -0.117. The highest BCUT2D eigenvalue weighted by Gasteiger charge is 2.16. The molecule has 1 aliphatic rings. The van der Waals surface area contributed by atoms with Gasteiger partial charge < -0.3 is 10.6 Å². The molecule has 2 rings (SSSR count). The Morgan fingerprint density at radius 3 is 2.14 bits per heavy atom. The fourth-order valence-corrected chi connectivity index (χ4v) is 3.76. The lowest BCUT2D eigenvalue weighted by Gasteiger charge is -2.19. The normalized spacial score (nSPS) is 17.7. The maximum atomic E-state index is 12.6. The number of nitrogens with zero attached hydrogens (tertiary/aromatic N) is 1. The van der Waals surface area contributed by atoms with Gasteiger partial charge in [-0.25, -0.2) is 0 Å². The Hall–Kier alpha value is -2.28. The number of amides is 1. The van der Waals surface area contributed by atoms with E-state index in [9.17, 15) is 10.1 Å². The summed E-state index contributed by atoms with van der Waals surface area (Å²) in [6, 6.07) is 8.32. The third kappa shape index (κ3) is 7.76. The number of carbonyl (C=O) groups is 1. The van der Waals surface area contributed by atoms with Gasteiger partial charge in [-0.2, -0.15) is 5.26 Å². The van der Waals surface area contributed by atoms with E-state index in [-0.39, 0.29) is 17.5 Å². The van der Waals surface area contributed by atoms with Crippen LogP contribution in [0, 0.1) is 25.2 Å². The molecule has 28 heavy (non-hydrogen) atoms. The van der Waals surface area contributed by atoms with Crippen molar-refractivity contribution >= 4 is 11.6 Å². The summed E-state index contributed by atoms with van der Waals surface area (Å²) in [6.07, 6.45) is 15.0. The Labute approximate surface area is 170 Å². The van der Waals surface area contributed by atoms with E-state index in [4.69, 9.17) is 0 Å². The summed E-state index contributed by atoms with van der Waals surface area (Å²) in [5.74, 6) is -0.266. The topological polar surface area (TPSA) is 64.9 Å². The highest BCUT2D eigenvalue weighted by molar-refractivity contribution is 5.97. The van der Waals surface area contributed by atoms with Crippen LogP contribution >= 0.6 is 0 Å². The molecule has 1 amide bonds. The summed E-state index contributed by atoms with van der Waals surface area (Å²) in [4.78, 5) is 12.6. The second-order valence-electron chi connectivity index (χ2n) is 8.06. The Bertz CT molecular complexity index is 690. The number of nitrogens with one attached hydrogen (secondary N) is 2. The number of nitriles is 1. The van der Waals surface area contributed by atoms with Crippen LogP contribution in [0.4, 0.5) is 5.69 Å². The number of carbonyl (C=O) groups excluding carboxylic acids is 1. The van der Waals surface area contributed by atoms with Gasteiger partial charge in [-0.3, -0.25) is 4.79 Å². The molecule has 1 aromatic rings. The zero-order valence-electron chi connectivity index (χ0n) is 17.5. The molecule has 0 unspecified atom stereocenters. The monoisotopic (exact) mass is 381 g/mol. The van der Waals surface area contributed by atoms with Crippen molar-refractivity contribution in [3.8, 4) is 6.07 Å². The standard InChI is InChI=1S/C24H35N3O/c1-19-14-15-20(2)23(16-19)26-18-21(17-25)24(28)27-22-12-10-8-6-4-3-5-7-9-11-13-22/h14-16,18,22,26H,3-13H2,1-2H3,(H,27,28)/b21-18-. The molecule has 0 bridgehead atoms. The molecule has 152 valence electrons. The van der Waals surface area contributed by atoms with Crippen LogP contribution in [0.25, 0.3) is 0 Å². The van der Waals surface area contributed by atoms with Crippen LogP contribution in [0.2, 0.25) is 0 Å². The molecule has 0 heterocycles. The number of rotatable bonds is 4. The molecule has 0 aromatic heterocycles. The summed E-state index contributed by atoms with van der Waals surface area (Å²) < 4.78 is 0. The molecular formula is C24H35N3O. The quantitative estimate of drug-likeness (QED) is 0.503. The Kier molecular flexibility index (Phi) is 9.62. The summed E-state index contributed by atoms with van der Waals surface area (Å²) in [5.41, 5.74) is 3.27. The first-order valence-electron chi connectivity index (χ1n) is 10.8. The summed E-state index contributed by atoms with van der Waals surface area (Å²) in [5, 5.41) is 15.7. The number of aryl methyl sites for hydroxylation is 2. The van der Waals surface area contributed by atoms with Gasteiger partial charge in [0.15, 0.2) is 0 Å². The van der Waals surface area contributed by atoms with Gasteiger partial charge in [-0.15, -0.1) is 0 Å². The number of hydrogen-bond donors (Lipinski definition) is 2. The first kappa shape index (κ1) is 22.0. The zero-order valence-corrected chi connectivity index (χ0v) is 17.5. The van der Waals surface area contributed by atoms with Crippen molar-refractivity contribution in [3.63, 3.8) is 0 Å². The summed E-state index contributed by atoms with van der Waals surface area (Å²) in [7, 11) is 0. The minimum atomic E-state index is -0.266. The van der Waals surface area contributed by atoms with Crippen molar-refractivity contribution in [1.82, 2.24) is 5.32 Å². The predicted molar refractivity (Wildman–Crippen MR) is 116 cm³/mol. The molecule has 1 aromatic carbocycles. The van der Waals surface area contributed by atoms with Crippen LogP contribution in [0.15, 0.2) is 30.0 Å². The molecule has 4 heteroatoms. The van der Waals surface area contributed by atoms with Crippen LogP contribution < -0.4 is 10.6 Å². The van der Waals surface area contributed by atoms with E-state index in [1.165, 1.54) is 51.1 Å². The van der Waals surface area contributed by atoms with Gasteiger partial charge in [0.1, 0.15) is 11.6 Å². The molecule has 4 nitrogen and oxygen atoms in total. The smallest absolute Gasteiger partial charge is 0.263 e. The lowest BCUT2D eigenvalue weighted by atomic mass is 9.98. The molecule has 0 saturated heterocycles. The molecule has 1 fully saturated rings. The summed E-state index contributed by atoms with van der Waals surface area (Å²) >= 11 is 0. The maximum absolute atomic E-state index is 12.6. The van der Waals surface area contributed by atoms with Gasteiger partial charge >= 0.3 is 0 Å². The fourth-order valence-electron chi connectivity index (χ4n) is 3.76. The maximum Gasteiger partial charge on any atom is 0.263 e. The van der Waals surface area contributed by atoms with E-state index in [0.717, 1.165) is 42.5 Å². The average Bonchev–Trinajstić information content (AvgIpc) is 2.67.